The monoisotopic (exact) mass is 412 g/mol. The van der Waals surface area contributed by atoms with Crippen molar-refractivity contribution in [3.8, 4) is 11.5 Å². The van der Waals surface area contributed by atoms with E-state index in [4.69, 9.17) is 14.2 Å². The fourth-order valence-electron chi connectivity index (χ4n) is 4.17. The Hall–Kier alpha value is -2.80. The maximum atomic E-state index is 12.7. The molecule has 7 nitrogen and oxygen atoms in total. The Balaban J connectivity index is 1.39. The second-order valence-electron chi connectivity index (χ2n) is 7.87. The number of nitrogens with one attached hydrogen (secondary N) is 2. The molecule has 1 aliphatic heterocycles. The van der Waals surface area contributed by atoms with E-state index in [1.807, 2.05) is 25.1 Å². The SMILES string of the molecule is COc1cc(CNC(=O)c2[nH]c3c(c2C)C(=O)CCC3)ccc1OCC1CCCO1. The van der Waals surface area contributed by atoms with Gasteiger partial charge >= 0.3 is 0 Å². The van der Waals surface area contributed by atoms with Gasteiger partial charge in [0.15, 0.2) is 17.3 Å². The molecule has 2 heterocycles. The molecule has 30 heavy (non-hydrogen) atoms. The summed E-state index contributed by atoms with van der Waals surface area (Å²) in [4.78, 5) is 28.0. The van der Waals surface area contributed by atoms with Crippen molar-refractivity contribution in [3.63, 3.8) is 0 Å². The second-order valence-corrected chi connectivity index (χ2v) is 7.87. The van der Waals surface area contributed by atoms with Gasteiger partial charge in [-0.3, -0.25) is 9.59 Å². The van der Waals surface area contributed by atoms with E-state index in [0.29, 0.717) is 42.3 Å². The molecule has 4 rings (SSSR count). The molecule has 2 aliphatic rings. The number of aryl methyl sites for hydroxylation is 1. The minimum atomic E-state index is -0.215. The van der Waals surface area contributed by atoms with E-state index >= 15 is 0 Å². The number of Topliss-reactive ketones (excluding diaryl/α,β-unsaturated/α-hetero) is 1. The number of aromatic nitrogens is 1. The lowest BCUT2D eigenvalue weighted by molar-refractivity contribution is 0.0669. The number of ketones is 1. The van der Waals surface area contributed by atoms with Gasteiger partial charge in [0, 0.05) is 30.8 Å². The summed E-state index contributed by atoms with van der Waals surface area (Å²) in [5, 5.41) is 2.93. The molecule has 1 aliphatic carbocycles. The van der Waals surface area contributed by atoms with Gasteiger partial charge in [-0.1, -0.05) is 6.07 Å². The number of hydrogen-bond acceptors (Lipinski definition) is 5. The fourth-order valence-corrected chi connectivity index (χ4v) is 4.17. The number of benzene rings is 1. The van der Waals surface area contributed by atoms with E-state index < -0.39 is 0 Å². The summed E-state index contributed by atoms with van der Waals surface area (Å²) in [6.07, 6.45) is 4.40. The molecule has 160 valence electrons. The Morgan fingerprint density at radius 3 is 2.87 bits per heavy atom. The summed E-state index contributed by atoms with van der Waals surface area (Å²) in [6, 6.07) is 5.62. The topological polar surface area (TPSA) is 89.7 Å². The van der Waals surface area contributed by atoms with Gasteiger partial charge in [0.2, 0.25) is 0 Å². The highest BCUT2D eigenvalue weighted by Gasteiger charge is 2.26. The number of amides is 1. The van der Waals surface area contributed by atoms with Crippen molar-refractivity contribution in [1.82, 2.24) is 10.3 Å². The van der Waals surface area contributed by atoms with Crippen LogP contribution < -0.4 is 14.8 Å². The van der Waals surface area contributed by atoms with Crippen LogP contribution in [0.3, 0.4) is 0 Å². The predicted octanol–water partition coefficient (Wildman–Crippen LogP) is 3.34. The van der Waals surface area contributed by atoms with Crippen LogP contribution in [0, 0.1) is 6.92 Å². The van der Waals surface area contributed by atoms with E-state index in [0.717, 1.165) is 49.1 Å². The number of hydrogen-bond donors (Lipinski definition) is 2. The van der Waals surface area contributed by atoms with Crippen LogP contribution in [-0.4, -0.2) is 43.1 Å². The zero-order valence-electron chi connectivity index (χ0n) is 17.5. The molecular formula is C23H28N2O5. The molecule has 0 spiro atoms. The molecule has 0 saturated carbocycles. The molecule has 1 fully saturated rings. The summed E-state index contributed by atoms with van der Waals surface area (Å²) in [6.45, 7) is 3.47. The smallest absolute Gasteiger partial charge is 0.268 e. The van der Waals surface area contributed by atoms with Crippen LogP contribution in [0.2, 0.25) is 0 Å². The van der Waals surface area contributed by atoms with Crippen molar-refractivity contribution in [2.75, 3.05) is 20.3 Å². The Kier molecular flexibility index (Phi) is 6.08. The highest BCUT2D eigenvalue weighted by molar-refractivity contribution is 6.04. The van der Waals surface area contributed by atoms with Gasteiger partial charge < -0.3 is 24.5 Å². The molecule has 1 aromatic heterocycles. The van der Waals surface area contributed by atoms with Gasteiger partial charge in [-0.25, -0.2) is 0 Å². The van der Waals surface area contributed by atoms with Crippen LogP contribution >= 0.6 is 0 Å². The lowest BCUT2D eigenvalue weighted by atomic mass is 9.94. The third kappa shape index (κ3) is 4.21. The van der Waals surface area contributed by atoms with Crippen molar-refractivity contribution in [2.24, 2.45) is 0 Å². The Morgan fingerprint density at radius 1 is 1.27 bits per heavy atom. The van der Waals surface area contributed by atoms with Gasteiger partial charge in [-0.05, 0) is 55.9 Å². The molecule has 1 aromatic carbocycles. The van der Waals surface area contributed by atoms with Crippen LogP contribution in [0.25, 0.3) is 0 Å². The highest BCUT2D eigenvalue weighted by Crippen LogP contribution is 2.29. The average molecular weight is 412 g/mol. The van der Waals surface area contributed by atoms with E-state index in [1.165, 1.54) is 0 Å². The zero-order chi connectivity index (χ0) is 21.1. The Labute approximate surface area is 176 Å². The largest absolute Gasteiger partial charge is 0.493 e. The predicted molar refractivity (Wildman–Crippen MR) is 111 cm³/mol. The van der Waals surface area contributed by atoms with Crippen molar-refractivity contribution < 1.29 is 23.8 Å². The molecular weight excluding hydrogens is 384 g/mol. The van der Waals surface area contributed by atoms with Crippen molar-refractivity contribution in [1.29, 1.82) is 0 Å². The molecule has 1 saturated heterocycles. The first-order chi connectivity index (χ1) is 14.6. The number of H-pyrrole nitrogens is 1. The lowest BCUT2D eigenvalue weighted by Gasteiger charge is -2.15. The van der Waals surface area contributed by atoms with Gasteiger partial charge in [0.25, 0.3) is 5.91 Å². The van der Waals surface area contributed by atoms with Crippen molar-refractivity contribution in [3.05, 3.63) is 46.3 Å². The summed E-state index contributed by atoms with van der Waals surface area (Å²) < 4.78 is 16.9. The number of methoxy groups -OCH3 is 1. The minimum Gasteiger partial charge on any atom is -0.493 e. The fraction of sp³-hybridized carbons (Fsp3) is 0.478. The van der Waals surface area contributed by atoms with Crippen LogP contribution in [0.5, 0.6) is 11.5 Å². The van der Waals surface area contributed by atoms with E-state index in [9.17, 15) is 9.59 Å². The number of rotatable bonds is 7. The van der Waals surface area contributed by atoms with Crippen molar-refractivity contribution in [2.45, 2.75) is 51.7 Å². The standard InChI is InChI=1S/C23H28N2O5/c1-14-21-17(6-3-7-18(21)26)25-22(14)23(27)24-12-15-8-9-19(20(11-15)28-2)30-13-16-5-4-10-29-16/h8-9,11,16,25H,3-7,10,12-13H2,1-2H3,(H,24,27). The van der Waals surface area contributed by atoms with Crippen LogP contribution in [0.4, 0.5) is 0 Å². The number of carbonyl (C=O) groups excluding carboxylic acids is 2. The minimum absolute atomic E-state index is 0.118. The first kappa shape index (κ1) is 20.5. The Bertz CT molecular complexity index is 943. The molecule has 0 bridgehead atoms. The van der Waals surface area contributed by atoms with Crippen LogP contribution in [-0.2, 0) is 17.7 Å². The van der Waals surface area contributed by atoms with Crippen molar-refractivity contribution >= 4 is 11.7 Å². The van der Waals surface area contributed by atoms with E-state index in [1.54, 1.807) is 7.11 Å². The quantitative estimate of drug-likeness (QED) is 0.728. The zero-order valence-corrected chi connectivity index (χ0v) is 17.5. The molecule has 1 unspecified atom stereocenters. The van der Waals surface area contributed by atoms with Gasteiger partial charge in [-0.15, -0.1) is 0 Å². The van der Waals surface area contributed by atoms with E-state index in [-0.39, 0.29) is 17.8 Å². The number of ether oxygens (including phenoxy) is 3. The molecule has 7 heteroatoms. The number of aromatic amines is 1. The summed E-state index contributed by atoms with van der Waals surface area (Å²) in [5.74, 6) is 1.19. The average Bonchev–Trinajstić information content (AvgIpc) is 3.39. The molecule has 1 atom stereocenters. The highest BCUT2D eigenvalue weighted by atomic mass is 16.5. The van der Waals surface area contributed by atoms with Crippen LogP contribution in [0.1, 0.15) is 63.4 Å². The molecule has 2 N–H and O–H groups in total. The van der Waals surface area contributed by atoms with Gasteiger partial charge in [0.05, 0.1) is 13.2 Å². The number of fused-ring (bicyclic) bond motifs is 1. The third-order valence-corrected chi connectivity index (χ3v) is 5.79. The van der Waals surface area contributed by atoms with E-state index in [2.05, 4.69) is 10.3 Å². The second kappa shape index (κ2) is 8.92. The van der Waals surface area contributed by atoms with Gasteiger partial charge in [0.1, 0.15) is 12.3 Å². The maximum Gasteiger partial charge on any atom is 0.268 e. The first-order valence-electron chi connectivity index (χ1n) is 10.5. The lowest BCUT2D eigenvalue weighted by Crippen LogP contribution is -2.24. The molecule has 1 amide bonds. The molecule has 0 radical (unpaired) electrons. The summed E-state index contributed by atoms with van der Waals surface area (Å²) in [7, 11) is 1.60. The summed E-state index contributed by atoms with van der Waals surface area (Å²) >= 11 is 0. The molecule has 2 aromatic rings. The van der Waals surface area contributed by atoms with Gasteiger partial charge in [-0.2, -0.15) is 0 Å². The number of carbonyl (C=O) groups is 2. The first-order valence-corrected chi connectivity index (χ1v) is 10.5. The summed E-state index contributed by atoms with van der Waals surface area (Å²) in [5.41, 5.74) is 3.68. The normalized spacial score (nSPS) is 18.2. The Morgan fingerprint density at radius 2 is 2.13 bits per heavy atom. The third-order valence-electron chi connectivity index (χ3n) is 5.79. The maximum absolute atomic E-state index is 12.7. The van der Waals surface area contributed by atoms with Crippen LogP contribution in [0.15, 0.2) is 18.2 Å².